The molecule has 0 radical (unpaired) electrons. The van der Waals surface area contributed by atoms with Crippen molar-refractivity contribution in [2.75, 3.05) is 26.7 Å². The third-order valence-electron chi connectivity index (χ3n) is 5.51. The molecule has 0 amide bonds. The Morgan fingerprint density at radius 2 is 1.69 bits per heavy atom. The summed E-state index contributed by atoms with van der Waals surface area (Å²) in [4.78, 5) is 15.4. The van der Waals surface area contributed by atoms with Crippen molar-refractivity contribution in [1.82, 2.24) is 9.80 Å². The van der Waals surface area contributed by atoms with Crippen LogP contribution >= 0.6 is 12.4 Å². The van der Waals surface area contributed by atoms with Crippen molar-refractivity contribution in [3.63, 3.8) is 0 Å². The van der Waals surface area contributed by atoms with Gasteiger partial charge in [0.25, 0.3) is 0 Å². The molecule has 148 valence electrons. The third kappa shape index (κ3) is 5.97. The number of likely N-dealkylation sites (tertiary alicyclic amines) is 1. The predicted octanol–water partition coefficient (Wildman–Crippen LogP) is 4.00. The Hall–Kier alpha value is -1.10. The number of nitrogens with zero attached hydrogens (tertiary/aromatic N) is 2. The van der Waals surface area contributed by atoms with Crippen LogP contribution in [0, 0.1) is 13.8 Å². The molecule has 1 aliphatic rings. The first-order valence-corrected chi connectivity index (χ1v) is 9.33. The molecule has 1 N–H and O–H groups in total. The number of piperidine rings is 1. The minimum atomic E-state index is -0.741. The molecule has 4 nitrogen and oxygen atoms in total. The standard InChI is InChI=1S/C21H34N2O2.ClH/c1-15-11-17(21(3,4)5)12-16(2)19(15)13-23-9-7-18(8-10-23)22(6)14-20(24)25;/h11-12,18H,7-10,13-14H2,1-6H3,(H,24,25);1H. The van der Waals surface area contributed by atoms with E-state index in [4.69, 9.17) is 5.11 Å². The molecule has 1 saturated heterocycles. The van der Waals surface area contributed by atoms with Gasteiger partial charge in [-0.3, -0.25) is 14.6 Å². The molecule has 26 heavy (non-hydrogen) atoms. The van der Waals surface area contributed by atoms with E-state index in [1.54, 1.807) is 0 Å². The number of halogens is 1. The van der Waals surface area contributed by atoms with Gasteiger partial charge in [-0.2, -0.15) is 0 Å². The fourth-order valence-corrected chi connectivity index (χ4v) is 3.76. The van der Waals surface area contributed by atoms with Crippen LogP contribution in [0.15, 0.2) is 12.1 Å². The second kappa shape index (κ2) is 9.20. The first-order chi connectivity index (χ1) is 11.6. The average Bonchev–Trinajstić information content (AvgIpc) is 2.49. The molecule has 2 rings (SSSR count). The number of carboxylic acid groups (broad SMARTS) is 1. The fourth-order valence-electron chi connectivity index (χ4n) is 3.76. The molecular formula is C21H35ClN2O2. The van der Waals surface area contributed by atoms with Crippen molar-refractivity contribution in [3.05, 3.63) is 34.4 Å². The summed E-state index contributed by atoms with van der Waals surface area (Å²) in [5.74, 6) is -0.741. The van der Waals surface area contributed by atoms with E-state index in [1.165, 1.54) is 22.3 Å². The van der Waals surface area contributed by atoms with Crippen LogP contribution in [0.4, 0.5) is 0 Å². The van der Waals surface area contributed by atoms with Crippen LogP contribution in [-0.2, 0) is 16.8 Å². The molecule has 1 heterocycles. The van der Waals surface area contributed by atoms with Gasteiger partial charge in [-0.15, -0.1) is 12.4 Å². The van der Waals surface area contributed by atoms with Crippen LogP contribution in [0.3, 0.4) is 0 Å². The Kier molecular flexibility index (Phi) is 8.12. The zero-order valence-electron chi connectivity index (χ0n) is 17.1. The Bertz CT molecular complexity index is 594. The summed E-state index contributed by atoms with van der Waals surface area (Å²) in [6.07, 6.45) is 2.09. The van der Waals surface area contributed by atoms with Gasteiger partial charge in [-0.25, -0.2) is 0 Å². The van der Waals surface area contributed by atoms with Crippen molar-refractivity contribution in [2.45, 2.75) is 65.5 Å². The van der Waals surface area contributed by atoms with Gasteiger partial charge in [0.1, 0.15) is 0 Å². The zero-order chi connectivity index (χ0) is 18.8. The molecule has 0 bridgehead atoms. The second-order valence-corrected chi connectivity index (χ2v) is 8.65. The highest BCUT2D eigenvalue weighted by atomic mass is 35.5. The van der Waals surface area contributed by atoms with E-state index >= 15 is 0 Å². The lowest BCUT2D eigenvalue weighted by Crippen LogP contribution is -2.44. The molecule has 1 aromatic rings. The van der Waals surface area contributed by atoms with E-state index < -0.39 is 5.97 Å². The van der Waals surface area contributed by atoms with E-state index in [0.717, 1.165) is 32.5 Å². The van der Waals surface area contributed by atoms with Crippen molar-refractivity contribution < 1.29 is 9.90 Å². The van der Waals surface area contributed by atoms with Gasteiger partial charge in [0.2, 0.25) is 0 Å². The molecule has 5 heteroatoms. The summed E-state index contributed by atoms with van der Waals surface area (Å²) >= 11 is 0. The van der Waals surface area contributed by atoms with Gasteiger partial charge >= 0.3 is 5.97 Å². The van der Waals surface area contributed by atoms with Gasteiger partial charge in [-0.1, -0.05) is 32.9 Å². The van der Waals surface area contributed by atoms with Crippen molar-refractivity contribution in [3.8, 4) is 0 Å². The number of aryl methyl sites for hydroxylation is 2. The number of hydrogen-bond donors (Lipinski definition) is 1. The molecule has 1 aromatic carbocycles. The first-order valence-electron chi connectivity index (χ1n) is 9.33. The molecule has 0 saturated carbocycles. The highest BCUT2D eigenvalue weighted by molar-refractivity contribution is 5.85. The topological polar surface area (TPSA) is 43.8 Å². The van der Waals surface area contributed by atoms with Gasteiger partial charge < -0.3 is 5.11 Å². The first kappa shape index (κ1) is 22.9. The minimum absolute atomic E-state index is 0. The molecule has 0 aliphatic carbocycles. The largest absolute Gasteiger partial charge is 0.480 e. The maximum atomic E-state index is 10.9. The SMILES string of the molecule is Cc1cc(C(C)(C)C)cc(C)c1CN1CCC(N(C)CC(=O)O)CC1.Cl. The quantitative estimate of drug-likeness (QED) is 0.835. The zero-order valence-corrected chi connectivity index (χ0v) is 17.9. The minimum Gasteiger partial charge on any atom is -0.480 e. The number of hydrogen-bond acceptors (Lipinski definition) is 3. The van der Waals surface area contributed by atoms with Gasteiger partial charge in [-0.05, 0) is 74.5 Å². The third-order valence-corrected chi connectivity index (χ3v) is 5.51. The van der Waals surface area contributed by atoms with Crippen LogP contribution in [0.25, 0.3) is 0 Å². The molecule has 0 atom stereocenters. The maximum Gasteiger partial charge on any atom is 0.317 e. The summed E-state index contributed by atoms with van der Waals surface area (Å²) in [5, 5.41) is 8.95. The molecule has 0 aromatic heterocycles. The van der Waals surface area contributed by atoms with Crippen LogP contribution in [0.5, 0.6) is 0 Å². The Balaban J connectivity index is 0.00000338. The molecule has 1 fully saturated rings. The Labute approximate surface area is 165 Å². The molecule has 1 aliphatic heterocycles. The summed E-state index contributed by atoms with van der Waals surface area (Å²) < 4.78 is 0. The van der Waals surface area contributed by atoms with Crippen LogP contribution in [-0.4, -0.2) is 53.6 Å². The summed E-state index contributed by atoms with van der Waals surface area (Å²) in [7, 11) is 1.92. The molecular weight excluding hydrogens is 348 g/mol. The highest BCUT2D eigenvalue weighted by Gasteiger charge is 2.24. The maximum absolute atomic E-state index is 10.9. The number of rotatable bonds is 5. The average molecular weight is 383 g/mol. The lowest BCUT2D eigenvalue weighted by atomic mass is 9.83. The van der Waals surface area contributed by atoms with Gasteiger partial charge in [0.05, 0.1) is 6.54 Å². The highest BCUT2D eigenvalue weighted by Crippen LogP contribution is 2.28. The number of carboxylic acids is 1. The van der Waals surface area contributed by atoms with E-state index in [2.05, 4.69) is 51.7 Å². The van der Waals surface area contributed by atoms with Crippen molar-refractivity contribution in [2.24, 2.45) is 0 Å². The predicted molar refractivity (Wildman–Crippen MR) is 110 cm³/mol. The van der Waals surface area contributed by atoms with E-state index in [0.29, 0.717) is 6.04 Å². The monoisotopic (exact) mass is 382 g/mol. The normalized spacial score (nSPS) is 16.6. The smallest absolute Gasteiger partial charge is 0.317 e. The number of carbonyl (C=O) groups is 1. The fraction of sp³-hybridized carbons (Fsp3) is 0.667. The van der Waals surface area contributed by atoms with E-state index in [9.17, 15) is 4.79 Å². The summed E-state index contributed by atoms with van der Waals surface area (Å²) in [6.45, 7) is 14.4. The summed E-state index contributed by atoms with van der Waals surface area (Å²) in [6, 6.07) is 5.07. The van der Waals surface area contributed by atoms with Crippen LogP contribution < -0.4 is 0 Å². The van der Waals surface area contributed by atoms with Crippen molar-refractivity contribution in [1.29, 1.82) is 0 Å². The lowest BCUT2D eigenvalue weighted by Gasteiger charge is -2.36. The van der Waals surface area contributed by atoms with E-state index in [1.807, 2.05) is 11.9 Å². The van der Waals surface area contributed by atoms with Gasteiger partial charge in [0.15, 0.2) is 0 Å². The molecule has 0 unspecified atom stereocenters. The van der Waals surface area contributed by atoms with E-state index in [-0.39, 0.29) is 24.4 Å². The summed E-state index contributed by atoms with van der Waals surface area (Å²) in [5.41, 5.74) is 5.80. The number of aliphatic carboxylic acids is 1. The second-order valence-electron chi connectivity index (χ2n) is 8.65. The number of likely N-dealkylation sites (N-methyl/N-ethyl adjacent to an activating group) is 1. The van der Waals surface area contributed by atoms with Crippen LogP contribution in [0.2, 0.25) is 0 Å². The Morgan fingerprint density at radius 1 is 1.19 bits per heavy atom. The van der Waals surface area contributed by atoms with Crippen LogP contribution in [0.1, 0.15) is 55.9 Å². The molecule has 0 spiro atoms. The number of benzene rings is 1. The van der Waals surface area contributed by atoms with Gasteiger partial charge in [0, 0.05) is 12.6 Å². The lowest BCUT2D eigenvalue weighted by molar-refractivity contribution is -0.138. The Morgan fingerprint density at radius 3 is 2.12 bits per heavy atom. The van der Waals surface area contributed by atoms with Crippen molar-refractivity contribution >= 4 is 18.4 Å².